The predicted molar refractivity (Wildman–Crippen MR) is 83.6 cm³/mol. The van der Waals surface area contributed by atoms with Gasteiger partial charge in [-0.3, -0.25) is 9.78 Å². The van der Waals surface area contributed by atoms with Gasteiger partial charge in [0, 0.05) is 24.0 Å². The van der Waals surface area contributed by atoms with Crippen LogP contribution in [0.15, 0.2) is 36.7 Å². The number of fused-ring (bicyclic) bond motifs is 1. The van der Waals surface area contributed by atoms with Gasteiger partial charge in [0.15, 0.2) is 0 Å². The highest BCUT2D eigenvalue weighted by Crippen LogP contribution is 2.27. The molecule has 1 saturated carbocycles. The summed E-state index contributed by atoms with van der Waals surface area (Å²) in [6, 6.07) is 7.71. The van der Waals surface area contributed by atoms with Crippen LogP contribution in [0.5, 0.6) is 0 Å². The van der Waals surface area contributed by atoms with Gasteiger partial charge < -0.3 is 15.8 Å². The van der Waals surface area contributed by atoms with Crippen LogP contribution in [-0.2, 0) is 4.79 Å². The molecule has 3 N–H and O–H groups in total. The van der Waals surface area contributed by atoms with Gasteiger partial charge in [-0.05, 0) is 25.0 Å². The highest BCUT2D eigenvalue weighted by molar-refractivity contribution is 6.07. The van der Waals surface area contributed by atoms with Crippen molar-refractivity contribution < 1.29 is 9.90 Å². The molecule has 0 atom stereocenters. The van der Waals surface area contributed by atoms with E-state index in [0.717, 1.165) is 11.0 Å². The van der Waals surface area contributed by atoms with E-state index in [1.54, 1.807) is 12.4 Å². The van der Waals surface area contributed by atoms with E-state index >= 15 is 0 Å². The Kier molecular flexibility index (Phi) is 3.82. The molecule has 1 aliphatic carbocycles. The lowest BCUT2D eigenvalue weighted by Gasteiger charge is -2.32. The fraction of sp³-hybridized carbons (Fsp3) is 0.250. The Bertz CT molecular complexity index is 751. The molecule has 6 nitrogen and oxygen atoms in total. The first-order valence-corrected chi connectivity index (χ1v) is 7.09. The summed E-state index contributed by atoms with van der Waals surface area (Å²) in [6.45, 7) is 0. The van der Waals surface area contributed by atoms with E-state index in [9.17, 15) is 4.79 Å². The number of aliphatic carboxylic acids is 1. The number of para-hydroxylation sites is 2. The normalized spacial score (nSPS) is 21.2. The van der Waals surface area contributed by atoms with Crippen molar-refractivity contribution in [2.24, 2.45) is 5.92 Å². The van der Waals surface area contributed by atoms with Gasteiger partial charge in [-0.25, -0.2) is 4.98 Å². The van der Waals surface area contributed by atoms with Crippen LogP contribution in [0, 0.1) is 11.3 Å². The molecule has 6 heteroatoms. The van der Waals surface area contributed by atoms with Gasteiger partial charge >= 0.3 is 5.97 Å². The SMILES string of the molecule is N=C/C(=C\N[C@H]1C[C@H](C(=O)O)C1)c1cnc2ccccc2n1. The van der Waals surface area contributed by atoms with Crippen molar-refractivity contribution in [3.05, 3.63) is 42.4 Å². The first-order chi connectivity index (χ1) is 10.7. The third-order valence-electron chi connectivity index (χ3n) is 3.86. The molecule has 0 radical (unpaired) electrons. The van der Waals surface area contributed by atoms with Gasteiger partial charge in [0.25, 0.3) is 0 Å². The van der Waals surface area contributed by atoms with Crippen LogP contribution in [0.3, 0.4) is 0 Å². The van der Waals surface area contributed by atoms with Gasteiger partial charge in [-0.1, -0.05) is 12.1 Å². The maximum absolute atomic E-state index is 10.8. The molecule has 3 rings (SSSR count). The quantitative estimate of drug-likeness (QED) is 0.734. The maximum atomic E-state index is 10.8. The monoisotopic (exact) mass is 296 g/mol. The van der Waals surface area contributed by atoms with E-state index in [4.69, 9.17) is 10.5 Å². The lowest BCUT2D eigenvalue weighted by Crippen LogP contribution is -2.42. The summed E-state index contributed by atoms with van der Waals surface area (Å²) in [5.41, 5.74) is 2.83. The standard InChI is InChI=1S/C16H16N4O2/c17-7-11(8-18-12-5-10(6-12)16(21)22)15-9-19-13-3-1-2-4-14(13)20-15/h1-4,7-10,12,17-18H,5-6H2,(H,21,22)/b11-8+,17-7?/t10-,12-. The van der Waals surface area contributed by atoms with E-state index in [-0.39, 0.29) is 12.0 Å². The minimum Gasteiger partial charge on any atom is -0.481 e. The van der Waals surface area contributed by atoms with Crippen LogP contribution in [-0.4, -0.2) is 33.3 Å². The molecule has 22 heavy (non-hydrogen) atoms. The van der Waals surface area contributed by atoms with Crippen molar-refractivity contribution in [2.75, 3.05) is 0 Å². The predicted octanol–water partition coefficient (Wildman–Crippen LogP) is 2.07. The first kappa shape index (κ1) is 14.2. The third kappa shape index (κ3) is 2.81. The van der Waals surface area contributed by atoms with Crippen molar-refractivity contribution in [1.82, 2.24) is 15.3 Å². The smallest absolute Gasteiger partial charge is 0.306 e. The molecule has 0 unspecified atom stereocenters. The third-order valence-corrected chi connectivity index (χ3v) is 3.86. The van der Waals surface area contributed by atoms with Crippen molar-refractivity contribution in [3.63, 3.8) is 0 Å². The molecule has 1 aliphatic rings. The molecular weight excluding hydrogens is 280 g/mol. The van der Waals surface area contributed by atoms with Gasteiger partial charge in [-0.2, -0.15) is 0 Å². The Morgan fingerprint density at radius 3 is 2.73 bits per heavy atom. The number of carboxylic acid groups (broad SMARTS) is 1. The number of hydrogen-bond donors (Lipinski definition) is 3. The van der Waals surface area contributed by atoms with Gasteiger partial charge in [0.05, 0.1) is 28.8 Å². The molecule has 0 amide bonds. The summed E-state index contributed by atoms with van der Waals surface area (Å²) in [6.07, 6.45) is 5.80. The van der Waals surface area contributed by atoms with E-state index in [1.807, 2.05) is 24.3 Å². The number of nitrogens with one attached hydrogen (secondary N) is 2. The number of carbonyl (C=O) groups is 1. The fourth-order valence-corrected chi connectivity index (χ4v) is 2.45. The van der Waals surface area contributed by atoms with E-state index in [2.05, 4.69) is 15.3 Å². The van der Waals surface area contributed by atoms with E-state index in [1.165, 1.54) is 6.21 Å². The Morgan fingerprint density at radius 2 is 2.05 bits per heavy atom. The summed E-state index contributed by atoms with van der Waals surface area (Å²) < 4.78 is 0. The molecular formula is C16H16N4O2. The second-order valence-corrected chi connectivity index (χ2v) is 5.36. The number of nitrogens with zero attached hydrogens (tertiary/aromatic N) is 2. The average Bonchev–Trinajstić information content (AvgIpc) is 2.49. The Morgan fingerprint density at radius 1 is 1.32 bits per heavy atom. The number of benzene rings is 1. The number of aromatic nitrogens is 2. The fourth-order valence-electron chi connectivity index (χ4n) is 2.45. The minimum atomic E-state index is -0.741. The summed E-state index contributed by atoms with van der Waals surface area (Å²) >= 11 is 0. The second-order valence-electron chi connectivity index (χ2n) is 5.36. The number of carboxylic acids is 1. The molecule has 1 fully saturated rings. The largest absolute Gasteiger partial charge is 0.481 e. The molecule has 112 valence electrons. The van der Waals surface area contributed by atoms with E-state index < -0.39 is 5.97 Å². The number of hydrogen-bond acceptors (Lipinski definition) is 5. The summed E-state index contributed by atoms with van der Waals surface area (Å²) in [7, 11) is 0. The van der Waals surface area contributed by atoms with Crippen molar-refractivity contribution >= 4 is 28.8 Å². The number of rotatable bonds is 5. The summed E-state index contributed by atoms with van der Waals surface area (Å²) in [5, 5.41) is 19.6. The highest BCUT2D eigenvalue weighted by atomic mass is 16.4. The molecule has 1 aromatic carbocycles. The molecule has 1 aromatic heterocycles. The van der Waals surface area contributed by atoms with Crippen LogP contribution in [0.1, 0.15) is 18.5 Å². The van der Waals surface area contributed by atoms with Crippen LogP contribution in [0.4, 0.5) is 0 Å². The number of allylic oxidation sites excluding steroid dienone is 1. The Balaban J connectivity index is 1.74. The molecule has 0 saturated heterocycles. The Labute approximate surface area is 127 Å². The molecule has 0 aliphatic heterocycles. The van der Waals surface area contributed by atoms with Gasteiger partial charge in [-0.15, -0.1) is 0 Å². The topological polar surface area (TPSA) is 99.0 Å². The maximum Gasteiger partial charge on any atom is 0.306 e. The van der Waals surface area contributed by atoms with Crippen LogP contribution >= 0.6 is 0 Å². The minimum absolute atomic E-state index is 0.143. The molecule has 0 spiro atoms. The lowest BCUT2D eigenvalue weighted by molar-refractivity contribution is -0.145. The van der Waals surface area contributed by atoms with Crippen molar-refractivity contribution in [2.45, 2.75) is 18.9 Å². The zero-order valence-electron chi connectivity index (χ0n) is 11.9. The zero-order chi connectivity index (χ0) is 15.5. The van der Waals surface area contributed by atoms with Crippen LogP contribution in [0.25, 0.3) is 16.6 Å². The second kappa shape index (κ2) is 5.93. The van der Waals surface area contributed by atoms with Crippen molar-refractivity contribution in [3.8, 4) is 0 Å². The molecule has 2 aromatic rings. The van der Waals surface area contributed by atoms with Gasteiger partial charge in [0.2, 0.25) is 0 Å². The van der Waals surface area contributed by atoms with Gasteiger partial charge in [0.1, 0.15) is 0 Å². The van der Waals surface area contributed by atoms with Crippen LogP contribution in [0.2, 0.25) is 0 Å². The van der Waals surface area contributed by atoms with E-state index in [0.29, 0.717) is 24.1 Å². The average molecular weight is 296 g/mol. The van der Waals surface area contributed by atoms with Crippen molar-refractivity contribution in [1.29, 1.82) is 5.41 Å². The summed E-state index contributed by atoms with van der Waals surface area (Å²) in [4.78, 5) is 19.6. The molecule has 0 bridgehead atoms. The summed E-state index contributed by atoms with van der Waals surface area (Å²) in [5.74, 6) is -0.996. The molecule has 1 heterocycles. The Hall–Kier alpha value is -2.76. The first-order valence-electron chi connectivity index (χ1n) is 7.09. The van der Waals surface area contributed by atoms with Crippen LogP contribution < -0.4 is 5.32 Å². The zero-order valence-corrected chi connectivity index (χ0v) is 11.9. The highest BCUT2D eigenvalue weighted by Gasteiger charge is 2.33. The lowest BCUT2D eigenvalue weighted by atomic mass is 9.80.